The minimum atomic E-state index is -1.96. The molecule has 1 N–H and O–H groups in total. The molecule has 9 nitrogen and oxygen atoms in total. The van der Waals surface area contributed by atoms with Crippen LogP contribution in [0, 0.1) is 17.8 Å². The Labute approximate surface area is 285 Å². The van der Waals surface area contributed by atoms with Gasteiger partial charge in [-0.25, -0.2) is 4.79 Å². The third-order valence-corrected chi connectivity index (χ3v) is 14.9. The van der Waals surface area contributed by atoms with Gasteiger partial charge in [0.2, 0.25) is 0 Å². The molecule has 266 valence electrons. The smallest absolute Gasteiger partial charge is 0.342 e. The number of hydrogen-bond acceptors (Lipinski definition) is 9. The van der Waals surface area contributed by atoms with Crippen LogP contribution in [-0.2, 0) is 23.4 Å². The SMILES string of the molecule is COCOc1cc(OC)cc(/C=C/C[C@@H]2OC(C)(C)O[C@@H]2C(O)C#C[C@H](C)[C@H](C)O[Si](C)(C)C(C)(C)C)c1C(=O)OCC[Si](C)(C)C. The molecule has 11 heteroatoms. The Bertz CT molecular complexity index is 1270. The molecular formula is C36H60O9Si2. The molecule has 0 amide bonds. The van der Waals surface area contributed by atoms with E-state index in [1.165, 1.54) is 7.11 Å². The van der Waals surface area contributed by atoms with Crippen molar-refractivity contribution >= 4 is 28.4 Å². The molecule has 0 spiro atoms. The number of hydrogen-bond donors (Lipinski definition) is 1. The monoisotopic (exact) mass is 692 g/mol. The van der Waals surface area contributed by atoms with Gasteiger partial charge in [0, 0.05) is 27.2 Å². The van der Waals surface area contributed by atoms with Gasteiger partial charge < -0.3 is 38.0 Å². The fourth-order valence-corrected chi connectivity index (χ4v) is 6.84. The van der Waals surface area contributed by atoms with E-state index in [9.17, 15) is 9.90 Å². The van der Waals surface area contributed by atoms with Gasteiger partial charge in [-0.1, -0.05) is 64.4 Å². The predicted octanol–water partition coefficient (Wildman–Crippen LogP) is 7.51. The zero-order chi connectivity index (χ0) is 35.8. The molecule has 0 aromatic heterocycles. The van der Waals surface area contributed by atoms with E-state index in [4.69, 9.17) is 32.8 Å². The number of esters is 1. The van der Waals surface area contributed by atoms with E-state index in [1.54, 1.807) is 19.2 Å². The molecular weight excluding hydrogens is 633 g/mol. The first kappa shape index (κ1) is 41.0. The summed E-state index contributed by atoms with van der Waals surface area (Å²) in [6, 6.07) is 4.25. The van der Waals surface area contributed by atoms with E-state index in [1.807, 2.05) is 39.8 Å². The van der Waals surface area contributed by atoms with E-state index in [0.717, 1.165) is 6.04 Å². The summed E-state index contributed by atoms with van der Waals surface area (Å²) < 4.78 is 40.9. The van der Waals surface area contributed by atoms with E-state index in [-0.39, 0.29) is 29.4 Å². The molecule has 1 aromatic rings. The maximum Gasteiger partial charge on any atom is 0.342 e. The van der Waals surface area contributed by atoms with Crippen molar-refractivity contribution in [3.05, 3.63) is 29.3 Å². The standard InChI is InChI=1S/C36H60O9Si2/c1-25(26(2)45-47(13,14)35(3,4)5)18-19-29(37)33-30(43-36(6,7)44-33)17-15-16-27-22-28(40-9)23-31(42-24-39-8)32(27)34(38)41-20-21-46(10,11)12/h15-16,22-23,25-26,29-30,33,37H,17,20-21,24H2,1-14H3/b16-15+/t25-,26-,29?,30-,33+/m0/s1. The lowest BCUT2D eigenvalue weighted by Gasteiger charge is -2.39. The largest absolute Gasteiger partial charge is 0.497 e. The number of carbonyl (C=O) groups excluding carboxylic acids is 1. The maximum absolute atomic E-state index is 13.4. The van der Waals surface area contributed by atoms with Crippen LogP contribution in [0.5, 0.6) is 11.5 Å². The summed E-state index contributed by atoms with van der Waals surface area (Å²) in [6.07, 6.45) is 1.77. The first-order chi connectivity index (χ1) is 21.6. The van der Waals surface area contributed by atoms with Crippen LogP contribution in [0.1, 0.15) is 70.8 Å². The van der Waals surface area contributed by atoms with Crippen LogP contribution in [0.3, 0.4) is 0 Å². The highest BCUT2D eigenvalue weighted by atomic mass is 28.4. The van der Waals surface area contributed by atoms with Gasteiger partial charge in [-0.05, 0) is 69.9 Å². The zero-order valence-electron chi connectivity index (χ0n) is 31.2. The quantitative estimate of drug-likeness (QED) is 0.0866. The van der Waals surface area contributed by atoms with Crippen LogP contribution >= 0.6 is 0 Å². The molecule has 1 saturated heterocycles. The molecule has 1 aliphatic rings. The molecule has 0 saturated carbocycles. The van der Waals surface area contributed by atoms with Gasteiger partial charge >= 0.3 is 5.97 Å². The van der Waals surface area contributed by atoms with Crippen LogP contribution < -0.4 is 9.47 Å². The highest BCUT2D eigenvalue weighted by Crippen LogP contribution is 2.38. The van der Waals surface area contributed by atoms with Crippen molar-refractivity contribution in [3.8, 4) is 23.3 Å². The summed E-state index contributed by atoms with van der Waals surface area (Å²) in [5, 5.41) is 11.3. The Balaban J connectivity index is 2.29. The summed E-state index contributed by atoms with van der Waals surface area (Å²) in [4.78, 5) is 13.4. The molecule has 0 radical (unpaired) electrons. The summed E-state index contributed by atoms with van der Waals surface area (Å²) in [5.74, 6) is 5.55. The fraction of sp³-hybridized carbons (Fsp3) is 0.694. The normalized spacial score (nSPS) is 20.3. The fourth-order valence-electron chi connectivity index (χ4n) is 4.64. The maximum atomic E-state index is 13.4. The Morgan fingerprint density at radius 1 is 1.09 bits per heavy atom. The van der Waals surface area contributed by atoms with Crippen molar-refractivity contribution in [3.63, 3.8) is 0 Å². The third-order valence-electron chi connectivity index (χ3n) is 8.61. The number of rotatable bonds is 15. The minimum absolute atomic E-state index is 0.0474. The van der Waals surface area contributed by atoms with E-state index in [2.05, 4.69) is 65.3 Å². The number of aliphatic hydroxyl groups is 1. The van der Waals surface area contributed by atoms with Gasteiger partial charge in [-0.15, -0.1) is 0 Å². The molecule has 5 atom stereocenters. The molecule has 1 fully saturated rings. The molecule has 1 heterocycles. The van der Waals surface area contributed by atoms with Gasteiger partial charge in [-0.3, -0.25) is 0 Å². The minimum Gasteiger partial charge on any atom is -0.497 e. The van der Waals surface area contributed by atoms with Gasteiger partial charge in [0.1, 0.15) is 29.3 Å². The first-order valence-electron chi connectivity index (χ1n) is 16.5. The zero-order valence-corrected chi connectivity index (χ0v) is 33.2. The molecule has 0 bridgehead atoms. The Hall–Kier alpha value is -2.18. The van der Waals surface area contributed by atoms with Crippen molar-refractivity contribution in [2.75, 3.05) is 27.6 Å². The van der Waals surface area contributed by atoms with Gasteiger partial charge in [0.05, 0.1) is 25.9 Å². The summed E-state index contributed by atoms with van der Waals surface area (Å²) >= 11 is 0. The Kier molecular flexibility index (Phi) is 14.8. The topological polar surface area (TPSA) is 102 Å². The van der Waals surface area contributed by atoms with Crippen molar-refractivity contribution < 1.29 is 42.7 Å². The van der Waals surface area contributed by atoms with E-state index in [0.29, 0.717) is 30.1 Å². The van der Waals surface area contributed by atoms with Crippen molar-refractivity contribution in [2.45, 2.75) is 129 Å². The van der Waals surface area contributed by atoms with Crippen LogP contribution in [0.25, 0.3) is 6.08 Å². The van der Waals surface area contributed by atoms with E-state index < -0.39 is 46.5 Å². The van der Waals surface area contributed by atoms with Gasteiger partial charge in [-0.2, -0.15) is 0 Å². The number of aliphatic hydroxyl groups excluding tert-OH is 1. The predicted molar refractivity (Wildman–Crippen MR) is 192 cm³/mol. The lowest BCUT2D eigenvalue weighted by molar-refractivity contribution is -0.151. The van der Waals surface area contributed by atoms with Crippen LogP contribution in [-0.4, -0.2) is 85.3 Å². The number of ether oxygens (including phenoxy) is 6. The van der Waals surface area contributed by atoms with Crippen LogP contribution in [0.4, 0.5) is 0 Å². The molecule has 1 unspecified atom stereocenters. The Morgan fingerprint density at radius 3 is 2.32 bits per heavy atom. The molecule has 0 aliphatic carbocycles. The van der Waals surface area contributed by atoms with Crippen LogP contribution in [0.15, 0.2) is 18.2 Å². The van der Waals surface area contributed by atoms with Gasteiger partial charge in [0.25, 0.3) is 0 Å². The van der Waals surface area contributed by atoms with Crippen LogP contribution in [0.2, 0.25) is 43.8 Å². The number of carbonyl (C=O) groups is 1. The molecule has 47 heavy (non-hydrogen) atoms. The lowest BCUT2D eigenvalue weighted by Crippen LogP contribution is -2.44. The van der Waals surface area contributed by atoms with Crippen molar-refractivity contribution in [1.82, 2.24) is 0 Å². The number of benzene rings is 1. The molecule has 1 aliphatic heterocycles. The second-order valence-corrected chi connectivity index (χ2v) is 25.8. The average Bonchev–Trinajstić information content (AvgIpc) is 3.26. The van der Waals surface area contributed by atoms with E-state index >= 15 is 0 Å². The summed E-state index contributed by atoms with van der Waals surface area (Å²) in [7, 11) is -0.308. The Morgan fingerprint density at radius 2 is 1.74 bits per heavy atom. The average molecular weight is 693 g/mol. The number of methoxy groups -OCH3 is 2. The highest BCUT2D eigenvalue weighted by Gasteiger charge is 2.44. The van der Waals surface area contributed by atoms with Crippen molar-refractivity contribution in [2.24, 2.45) is 5.92 Å². The summed E-state index contributed by atoms with van der Waals surface area (Å²) in [6.45, 7) is 25.7. The molecule has 2 rings (SSSR count). The third kappa shape index (κ3) is 12.7. The second kappa shape index (κ2) is 17.0. The summed E-state index contributed by atoms with van der Waals surface area (Å²) in [5.41, 5.74) is 0.845. The van der Waals surface area contributed by atoms with Crippen molar-refractivity contribution in [1.29, 1.82) is 0 Å². The highest BCUT2D eigenvalue weighted by molar-refractivity contribution is 6.76. The van der Waals surface area contributed by atoms with Gasteiger partial charge in [0.15, 0.2) is 20.9 Å². The molecule has 1 aromatic carbocycles. The first-order valence-corrected chi connectivity index (χ1v) is 23.1. The lowest BCUT2D eigenvalue weighted by atomic mass is 10.0. The second-order valence-electron chi connectivity index (χ2n) is 15.5.